The van der Waals surface area contributed by atoms with E-state index in [0.29, 0.717) is 17.9 Å². The van der Waals surface area contributed by atoms with Crippen LogP contribution in [0.2, 0.25) is 0 Å². The van der Waals surface area contributed by atoms with Gasteiger partial charge >= 0.3 is 0 Å². The summed E-state index contributed by atoms with van der Waals surface area (Å²) >= 11 is 0. The molecular formula is C20H23N5O3S. The lowest BCUT2D eigenvalue weighted by atomic mass is 10.0. The van der Waals surface area contributed by atoms with Crippen molar-refractivity contribution in [3.05, 3.63) is 42.2 Å². The van der Waals surface area contributed by atoms with Crippen molar-refractivity contribution in [2.24, 2.45) is 0 Å². The molecule has 0 fully saturated rings. The van der Waals surface area contributed by atoms with E-state index in [2.05, 4.69) is 14.8 Å². The van der Waals surface area contributed by atoms with E-state index in [4.69, 9.17) is 0 Å². The first-order valence-electron chi connectivity index (χ1n) is 9.53. The third-order valence-electron chi connectivity index (χ3n) is 5.03. The number of anilines is 2. The fraction of sp³-hybridized carbons (Fsp3) is 0.350. The molecule has 0 spiro atoms. The van der Waals surface area contributed by atoms with E-state index < -0.39 is 10.0 Å². The standard InChI is InChI=1S/C20H23N5O3S/c1-13(2)25-20-16(11-22-25)9-17(12-21-20)23-29(27,28)18-6-7-19-15(10-18)5-4-8-24(19)14(3)26/h6-7,9-13,23H,4-5,8H2,1-3H3. The Hall–Kier alpha value is -2.94. The number of carbonyl (C=O) groups excluding carboxylic acids is 1. The Morgan fingerprint density at radius 3 is 2.72 bits per heavy atom. The predicted molar refractivity (Wildman–Crippen MR) is 112 cm³/mol. The number of pyridine rings is 1. The maximum atomic E-state index is 12.9. The lowest BCUT2D eigenvalue weighted by molar-refractivity contribution is -0.116. The maximum Gasteiger partial charge on any atom is 0.261 e. The highest BCUT2D eigenvalue weighted by atomic mass is 32.2. The third-order valence-corrected chi connectivity index (χ3v) is 6.41. The fourth-order valence-electron chi connectivity index (χ4n) is 3.66. The summed E-state index contributed by atoms with van der Waals surface area (Å²) < 4.78 is 30.2. The number of fused-ring (bicyclic) bond motifs is 2. The second-order valence-electron chi connectivity index (χ2n) is 7.49. The van der Waals surface area contributed by atoms with Gasteiger partial charge in [-0.2, -0.15) is 5.10 Å². The van der Waals surface area contributed by atoms with E-state index in [1.165, 1.54) is 19.2 Å². The highest BCUT2D eigenvalue weighted by Gasteiger charge is 2.23. The SMILES string of the molecule is CC(=O)N1CCCc2cc(S(=O)(=O)Nc3cnc4c(cnn4C(C)C)c3)ccc21. The fourth-order valence-corrected chi connectivity index (χ4v) is 4.74. The summed E-state index contributed by atoms with van der Waals surface area (Å²) in [5.74, 6) is -0.0407. The van der Waals surface area contributed by atoms with Crippen molar-refractivity contribution in [3.63, 3.8) is 0 Å². The van der Waals surface area contributed by atoms with Gasteiger partial charge in [-0.15, -0.1) is 0 Å². The number of hydrogen-bond acceptors (Lipinski definition) is 5. The Kier molecular flexibility index (Phi) is 4.77. The average molecular weight is 414 g/mol. The summed E-state index contributed by atoms with van der Waals surface area (Å²) in [6, 6.07) is 6.77. The number of nitrogens with one attached hydrogen (secondary N) is 1. The monoisotopic (exact) mass is 413 g/mol. The number of rotatable bonds is 4. The largest absolute Gasteiger partial charge is 0.312 e. The van der Waals surface area contributed by atoms with Crippen molar-refractivity contribution in [1.82, 2.24) is 14.8 Å². The minimum Gasteiger partial charge on any atom is -0.312 e. The minimum atomic E-state index is -3.78. The van der Waals surface area contributed by atoms with E-state index in [1.54, 1.807) is 34.0 Å². The van der Waals surface area contributed by atoms with Gasteiger partial charge in [0.1, 0.15) is 0 Å². The summed E-state index contributed by atoms with van der Waals surface area (Å²) in [6.07, 6.45) is 4.72. The predicted octanol–water partition coefficient (Wildman–Crippen LogP) is 3.11. The van der Waals surface area contributed by atoms with Gasteiger partial charge in [-0.3, -0.25) is 9.52 Å². The number of carbonyl (C=O) groups is 1. The van der Waals surface area contributed by atoms with Crippen LogP contribution >= 0.6 is 0 Å². The van der Waals surface area contributed by atoms with E-state index in [0.717, 1.165) is 29.5 Å². The summed E-state index contributed by atoms with van der Waals surface area (Å²) in [7, 11) is -3.78. The molecule has 1 aliphatic rings. The summed E-state index contributed by atoms with van der Waals surface area (Å²) in [5, 5.41) is 5.07. The van der Waals surface area contributed by atoms with Crippen LogP contribution in [0.25, 0.3) is 11.0 Å². The van der Waals surface area contributed by atoms with Crippen LogP contribution in [0.4, 0.5) is 11.4 Å². The van der Waals surface area contributed by atoms with Crippen molar-refractivity contribution in [2.75, 3.05) is 16.2 Å². The summed E-state index contributed by atoms with van der Waals surface area (Å²) in [6.45, 7) is 6.19. The maximum absolute atomic E-state index is 12.9. The molecule has 2 aromatic heterocycles. The molecule has 152 valence electrons. The van der Waals surface area contributed by atoms with Gasteiger partial charge in [0.25, 0.3) is 10.0 Å². The first-order chi connectivity index (χ1) is 13.8. The Morgan fingerprint density at radius 2 is 2.00 bits per heavy atom. The third kappa shape index (κ3) is 3.57. The number of hydrogen-bond donors (Lipinski definition) is 1. The number of sulfonamides is 1. The zero-order chi connectivity index (χ0) is 20.8. The molecule has 3 aromatic rings. The smallest absolute Gasteiger partial charge is 0.261 e. The highest BCUT2D eigenvalue weighted by Crippen LogP contribution is 2.30. The van der Waals surface area contributed by atoms with Crippen LogP contribution in [0, 0.1) is 0 Å². The van der Waals surface area contributed by atoms with Gasteiger partial charge in [0.2, 0.25) is 5.91 Å². The molecular weight excluding hydrogens is 390 g/mol. The van der Waals surface area contributed by atoms with Crippen molar-refractivity contribution >= 4 is 38.3 Å². The van der Waals surface area contributed by atoms with Crippen LogP contribution in [0.3, 0.4) is 0 Å². The molecule has 0 saturated carbocycles. The molecule has 0 radical (unpaired) electrons. The second kappa shape index (κ2) is 7.14. The van der Waals surface area contributed by atoms with E-state index in [1.807, 2.05) is 13.8 Å². The molecule has 3 heterocycles. The summed E-state index contributed by atoms with van der Waals surface area (Å²) in [5.41, 5.74) is 2.73. The van der Waals surface area contributed by atoms with Crippen LogP contribution in [-0.4, -0.2) is 35.6 Å². The molecule has 1 N–H and O–H groups in total. The molecule has 1 amide bonds. The molecule has 1 aliphatic heterocycles. The number of benzene rings is 1. The minimum absolute atomic E-state index is 0.0407. The Bertz CT molecular complexity index is 1200. The van der Waals surface area contributed by atoms with Crippen LogP contribution in [-0.2, 0) is 21.2 Å². The first-order valence-corrected chi connectivity index (χ1v) is 11.0. The lowest BCUT2D eigenvalue weighted by Crippen LogP contribution is -2.33. The van der Waals surface area contributed by atoms with E-state index in [9.17, 15) is 13.2 Å². The molecule has 0 aliphatic carbocycles. The Morgan fingerprint density at radius 1 is 1.21 bits per heavy atom. The molecule has 8 nitrogen and oxygen atoms in total. The van der Waals surface area contributed by atoms with Crippen molar-refractivity contribution in [2.45, 2.75) is 44.6 Å². The molecule has 9 heteroatoms. The van der Waals surface area contributed by atoms with E-state index in [-0.39, 0.29) is 16.8 Å². The van der Waals surface area contributed by atoms with E-state index >= 15 is 0 Å². The quantitative estimate of drug-likeness (QED) is 0.709. The van der Waals surface area contributed by atoms with Crippen molar-refractivity contribution < 1.29 is 13.2 Å². The zero-order valence-electron chi connectivity index (χ0n) is 16.6. The number of aromatic nitrogens is 3. The molecule has 0 atom stereocenters. The molecule has 29 heavy (non-hydrogen) atoms. The normalized spacial score (nSPS) is 14.3. The molecule has 0 unspecified atom stereocenters. The Balaban J connectivity index is 1.64. The van der Waals surface area contributed by atoms with Gasteiger partial charge in [0.05, 0.1) is 23.0 Å². The second-order valence-corrected chi connectivity index (χ2v) is 9.17. The van der Waals surface area contributed by atoms with Gasteiger partial charge in [-0.25, -0.2) is 18.1 Å². The van der Waals surface area contributed by atoms with Crippen LogP contribution in [0.15, 0.2) is 41.6 Å². The molecule has 1 aromatic carbocycles. The molecule has 4 rings (SSSR count). The van der Waals surface area contributed by atoms with Gasteiger partial charge in [0.15, 0.2) is 5.65 Å². The summed E-state index contributed by atoms with van der Waals surface area (Å²) in [4.78, 5) is 18.0. The van der Waals surface area contributed by atoms with Crippen LogP contribution in [0.5, 0.6) is 0 Å². The number of amides is 1. The van der Waals surface area contributed by atoms with Crippen molar-refractivity contribution in [1.29, 1.82) is 0 Å². The first kappa shape index (κ1) is 19.4. The van der Waals surface area contributed by atoms with Gasteiger partial charge in [-0.05, 0) is 56.5 Å². The zero-order valence-corrected chi connectivity index (χ0v) is 17.4. The van der Waals surface area contributed by atoms with Crippen LogP contribution < -0.4 is 9.62 Å². The Labute approximate surface area is 169 Å². The molecule has 0 saturated heterocycles. The number of nitrogens with zero attached hydrogens (tertiary/aromatic N) is 4. The number of aryl methyl sites for hydroxylation is 1. The van der Waals surface area contributed by atoms with Gasteiger partial charge < -0.3 is 4.90 Å². The van der Waals surface area contributed by atoms with Crippen LogP contribution in [0.1, 0.15) is 38.8 Å². The molecule has 0 bridgehead atoms. The average Bonchev–Trinajstić information content (AvgIpc) is 3.10. The van der Waals surface area contributed by atoms with Gasteiger partial charge in [-0.1, -0.05) is 0 Å². The highest BCUT2D eigenvalue weighted by molar-refractivity contribution is 7.92. The topological polar surface area (TPSA) is 97.2 Å². The van der Waals surface area contributed by atoms with Crippen molar-refractivity contribution in [3.8, 4) is 0 Å². The van der Waals surface area contributed by atoms with Gasteiger partial charge in [0, 0.05) is 30.6 Å². The lowest BCUT2D eigenvalue weighted by Gasteiger charge is -2.28.